The van der Waals surface area contributed by atoms with Gasteiger partial charge in [-0.2, -0.15) is 0 Å². The van der Waals surface area contributed by atoms with E-state index in [1.165, 1.54) is 12.1 Å². The highest BCUT2D eigenvalue weighted by Crippen LogP contribution is 2.31. The zero-order valence-electron chi connectivity index (χ0n) is 11.7. The van der Waals surface area contributed by atoms with Crippen LogP contribution in [0.25, 0.3) is 0 Å². The monoisotopic (exact) mass is 339 g/mol. The van der Waals surface area contributed by atoms with Gasteiger partial charge in [0.25, 0.3) is 0 Å². The molecule has 3 nitrogen and oxygen atoms in total. The number of hydrogen-bond donors (Lipinski definition) is 1. The van der Waals surface area contributed by atoms with Crippen molar-refractivity contribution in [2.75, 3.05) is 0 Å². The summed E-state index contributed by atoms with van der Waals surface area (Å²) in [5.74, 6) is -0.843. The molecule has 0 bridgehead atoms. The van der Waals surface area contributed by atoms with E-state index < -0.39 is 15.8 Å². The Morgan fingerprint density at radius 3 is 2.73 bits per heavy atom. The van der Waals surface area contributed by atoms with E-state index in [0.29, 0.717) is 6.42 Å². The summed E-state index contributed by atoms with van der Waals surface area (Å²) in [5, 5.41) is 0.166. The van der Waals surface area contributed by atoms with Gasteiger partial charge in [0.15, 0.2) is 0 Å². The van der Waals surface area contributed by atoms with Crippen molar-refractivity contribution in [3.8, 4) is 0 Å². The first-order valence-electron chi connectivity index (χ1n) is 7.02. The van der Waals surface area contributed by atoms with E-state index in [0.717, 1.165) is 30.0 Å². The molecule has 0 radical (unpaired) electrons. The smallest absolute Gasteiger partial charge is 0.207 e. The van der Waals surface area contributed by atoms with E-state index in [4.69, 9.17) is 11.6 Å². The van der Waals surface area contributed by atoms with Crippen molar-refractivity contribution < 1.29 is 12.8 Å². The highest BCUT2D eigenvalue weighted by Gasteiger charge is 2.27. The van der Waals surface area contributed by atoms with Crippen molar-refractivity contribution in [1.29, 1.82) is 0 Å². The van der Waals surface area contributed by atoms with Gasteiger partial charge in [0, 0.05) is 11.1 Å². The summed E-state index contributed by atoms with van der Waals surface area (Å²) >= 11 is 5.67. The Hall–Kier alpha value is -1.43. The third kappa shape index (κ3) is 3.02. The van der Waals surface area contributed by atoms with Crippen LogP contribution in [0.4, 0.5) is 4.39 Å². The van der Waals surface area contributed by atoms with E-state index in [1.54, 1.807) is 0 Å². The molecule has 0 heterocycles. The number of hydrogen-bond acceptors (Lipinski definition) is 2. The molecule has 0 spiro atoms. The second-order valence-electron chi connectivity index (χ2n) is 5.34. The van der Waals surface area contributed by atoms with Gasteiger partial charge in [-0.3, -0.25) is 0 Å². The van der Waals surface area contributed by atoms with Gasteiger partial charge >= 0.3 is 0 Å². The molecule has 2 aromatic carbocycles. The van der Waals surface area contributed by atoms with E-state index in [1.807, 2.05) is 24.3 Å². The summed E-state index contributed by atoms with van der Waals surface area (Å²) in [7, 11) is -3.93. The van der Waals surface area contributed by atoms with Crippen molar-refractivity contribution in [2.24, 2.45) is 0 Å². The maximum absolute atomic E-state index is 13.9. The normalized spacial score (nSPS) is 18.0. The van der Waals surface area contributed by atoms with Crippen molar-refractivity contribution in [3.63, 3.8) is 0 Å². The Balaban J connectivity index is 1.93. The number of aryl methyl sites for hydroxylation is 1. The van der Waals surface area contributed by atoms with E-state index >= 15 is 0 Å². The van der Waals surface area contributed by atoms with Crippen LogP contribution >= 0.6 is 11.6 Å². The van der Waals surface area contributed by atoms with Gasteiger partial charge in [-0.15, -0.1) is 0 Å². The molecule has 6 heteroatoms. The molecule has 0 unspecified atom stereocenters. The van der Waals surface area contributed by atoms with Crippen molar-refractivity contribution >= 4 is 21.6 Å². The SMILES string of the molecule is O=S(=O)(N[C@H]1CCCc2ccccc21)c1ccc(Cl)cc1F. The molecule has 1 N–H and O–H groups in total. The third-order valence-corrected chi connectivity index (χ3v) is 5.59. The van der Waals surface area contributed by atoms with Crippen LogP contribution in [0.15, 0.2) is 47.4 Å². The van der Waals surface area contributed by atoms with Crippen LogP contribution in [-0.2, 0) is 16.4 Å². The van der Waals surface area contributed by atoms with Crippen LogP contribution in [-0.4, -0.2) is 8.42 Å². The highest BCUT2D eigenvalue weighted by molar-refractivity contribution is 7.89. The summed E-state index contributed by atoms with van der Waals surface area (Å²) in [5.41, 5.74) is 2.10. The molecule has 0 aliphatic heterocycles. The quantitative estimate of drug-likeness (QED) is 0.923. The Morgan fingerprint density at radius 2 is 1.95 bits per heavy atom. The minimum Gasteiger partial charge on any atom is -0.207 e. The molecule has 0 aromatic heterocycles. The Morgan fingerprint density at radius 1 is 1.18 bits per heavy atom. The summed E-state index contributed by atoms with van der Waals surface area (Å²) in [6, 6.07) is 11.0. The van der Waals surface area contributed by atoms with E-state index in [-0.39, 0.29) is 16.0 Å². The molecule has 1 atom stereocenters. The fraction of sp³-hybridized carbons (Fsp3) is 0.250. The number of benzene rings is 2. The summed E-state index contributed by atoms with van der Waals surface area (Å²) in [6.07, 6.45) is 2.53. The molecule has 2 aromatic rings. The number of nitrogens with one attached hydrogen (secondary N) is 1. The number of sulfonamides is 1. The van der Waals surface area contributed by atoms with Crippen LogP contribution in [0.2, 0.25) is 5.02 Å². The molecule has 0 saturated carbocycles. The number of halogens is 2. The zero-order valence-corrected chi connectivity index (χ0v) is 13.3. The molecular formula is C16H15ClFNO2S. The minimum atomic E-state index is -3.93. The van der Waals surface area contributed by atoms with Crippen LogP contribution in [0.5, 0.6) is 0 Å². The molecule has 116 valence electrons. The maximum Gasteiger partial charge on any atom is 0.244 e. The Kier molecular flexibility index (Phi) is 4.21. The van der Waals surface area contributed by atoms with Gasteiger partial charge in [0.05, 0.1) is 0 Å². The molecular weight excluding hydrogens is 325 g/mol. The number of fused-ring (bicyclic) bond motifs is 1. The molecule has 0 fully saturated rings. The lowest BCUT2D eigenvalue weighted by Gasteiger charge is -2.26. The van der Waals surface area contributed by atoms with Gasteiger partial charge in [-0.1, -0.05) is 35.9 Å². The first kappa shape index (κ1) is 15.5. The summed E-state index contributed by atoms with van der Waals surface area (Å²) in [6.45, 7) is 0. The number of rotatable bonds is 3. The first-order valence-corrected chi connectivity index (χ1v) is 8.89. The average Bonchev–Trinajstić information content (AvgIpc) is 2.47. The highest BCUT2D eigenvalue weighted by atomic mass is 35.5. The average molecular weight is 340 g/mol. The van der Waals surface area contributed by atoms with Crippen LogP contribution in [0, 0.1) is 5.82 Å². The van der Waals surface area contributed by atoms with E-state index in [9.17, 15) is 12.8 Å². The lowest BCUT2D eigenvalue weighted by Crippen LogP contribution is -2.31. The van der Waals surface area contributed by atoms with Gasteiger partial charge in [0.1, 0.15) is 10.7 Å². The molecule has 1 aliphatic carbocycles. The molecule has 22 heavy (non-hydrogen) atoms. The van der Waals surface area contributed by atoms with Crippen LogP contribution in [0.3, 0.4) is 0 Å². The predicted octanol–water partition coefficient (Wildman–Crippen LogP) is 3.84. The second-order valence-corrected chi connectivity index (χ2v) is 7.46. The Bertz CT molecular complexity index is 808. The Labute approximate surface area is 134 Å². The van der Waals surface area contributed by atoms with Crippen molar-refractivity contribution in [2.45, 2.75) is 30.2 Å². The van der Waals surface area contributed by atoms with E-state index in [2.05, 4.69) is 4.72 Å². The van der Waals surface area contributed by atoms with Crippen LogP contribution in [0.1, 0.15) is 30.0 Å². The molecule has 0 amide bonds. The predicted molar refractivity (Wildman–Crippen MR) is 83.9 cm³/mol. The first-order chi connectivity index (χ1) is 10.5. The summed E-state index contributed by atoms with van der Waals surface area (Å²) in [4.78, 5) is -0.375. The maximum atomic E-state index is 13.9. The lowest BCUT2D eigenvalue weighted by molar-refractivity contribution is 0.501. The topological polar surface area (TPSA) is 46.2 Å². The zero-order chi connectivity index (χ0) is 15.7. The van der Waals surface area contributed by atoms with Crippen LogP contribution < -0.4 is 4.72 Å². The van der Waals surface area contributed by atoms with Gasteiger partial charge in [0.2, 0.25) is 10.0 Å². The van der Waals surface area contributed by atoms with Gasteiger partial charge in [-0.05, 0) is 48.6 Å². The van der Waals surface area contributed by atoms with Gasteiger partial charge in [-0.25, -0.2) is 17.5 Å². The van der Waals surface area contributed by atoms with Gasteiger partial charge < -0.3 is 0 Å². The lowest BCUT2D eigenvalue weighted by atomic mass is 9.88. The van der Waals surface area contributed by atoms with Crippen molar-refractivity contribution in [1.82, 2.24) is 4.72 Å². The van der Waals surface area contributed by atoms with Crippen molar-refractivity contribution in [3.05, 3.63) is 64.4 Å². The minimum absolute atomic E-state index is 0.166. The fourth-order valence-electron chi connectivity index (χ4n) is 2.82. The molecule has 1 aliphatic rings. The largest absolute Gasteiger partial charge is 0.244 e. The molecule has 0 saturated heterocycles. The second kappa shape index (κ2) is 5.99. The molecule has 3 rings (SSSR count). The standard InChI is InChI=1S/C16H15ClFNO2S/c17-12-8-9-16(14(18)10-12)22(20,21)19-15-7-3-5-11-4-1-2-6-13(11)15/h1-2,4,6,8-10,15,19H,3,5,7H2/t15-/m0/s1. The summed E-state index contributed by atoms with van der Waals surface area (Å²) < 4.78 is 41.4. The third-order valence-electron chi connectivity index (χ3n) is 3.85. The fourth-order valence-corrected chi connectivity index (χ4v) is 4.29.